The Labute approximate surface area is 183 Å². The van der Waals surface area contributed by atoms with Crippen LogP contribution >= 0.6 is 23.4 Å². The molecular weight excluding hydrogens is 404 g/mol. The highest BCUT2D eigenvalue weighted by atomic mass is 35.5. The van der Waals surface area contributed by atoms with Crippen LogP contribution < -0.4 is 5.32 Å². The number of thioether (sulfide) groups is 1. The second-order valence-electron chi connectivity index (χ2n) is 6.91. The summed E-state index contributed by atoms with van der Waals surface area (Å²) in [6, 6.07) is 17.2. The monoisotopic (exact) mass is 432 g/mol. The number of carbonyl (C=O) groups excluding carboxylic acids is 2. The van der Waals surface area contributed by atoms with E-state index < -0.39 is 6.04 Å². The minimum absolute atomic E-state index is 0.0212. The predicted molar refractivity (Wildman–Crippen MR) is 122 cm³/mol. The van der Waals surface area contributed by atoms with Crippen LogP contribution in [0.25, 0.3) is 0 Å². The van der Waals surface area contributed by atoms with Gasteiger partial charge in [0.15, 0.2) is 0 Å². The molecule has 1 N–H and O–H groups in total. The van der Waals surface area contributed by atoms with Gasteiger partial charge in [0.1, 0.15) is 6.04 Å². The van der Waals surface area contributed by atoms with Crippen molar-refractivity contribution in [1.82, 2.24) is 10.2 Å². The Hall–Kier alpha value is -1.98. The first-order valence-corrected chi connectivity index (χ1v) is 11.5. The van der Waals surface area contributed by atoms with E-state index in [0.29, 0.717) is 29.6 Å². The van der Waals surface area contributed by atoms with Crippen molar-refractivity contribution in [1.29, 1.82) is 0 Å². The minimum Gasteiger partial charge on any atom is -0.354 e. The summed E-state index contributed by atoms with van der Waals surface area (Å²) < 4.78 is 0. The first-order chi connectivity index (χ1) is 14.0. The number of benzene rings is 2. The molecule has 0 radical (unpaired) electrons. The summed E-state index contributed by atoms with van der Waals surface area (Å²) in [5, 5.41) is 3.59. The maximum absolute atomic E-state index is 12.9. The molecule has 29 heavy (non-hydrogen) atoms. The van der Waals surface area contributed by atoms with Crippen molar-refractivity contribution in [3.8, 4) is 0 Å². The number of rotatable bonds is 11. The number of amides is 2. The largest absolute Gasteiger partial charge is 0.354 e. The van der Waals surface area contributed by atoms with Gasteiger partial charge in [0.05, 0.1) is 5.75 Å². The molecule has 0 fully saturated rings. The lowest BCUT2D eigenvalue weighted by molar-refractivity contribution is -0.137. The van der Waals surface area contributed by atoms with Gasteiger partial charge in [-0.2, -0.15) is 0 Å². The van der Waals surface area contributed by atoms with Gasteiger partial charge < -0.3 is 10.2 Å². The Morgan fingerprint density at radius 3 is 2.52 bits per heavy atom. The average Bonchev–Trinajstić information content (AvgIpc) is 2.72. The van der Waals surface area contributed by atoms with Gasteiger partial charge in [-0.25, -0.2) is 0 Å². The Morgan fingerprint density at radius 1 is 1.10 bits per heavy atom. The lowest BCUT2D eigenvalue weighted by atomic mass is 10.1. The molecule has 0 bridgehead atoms. The molecule has 0 aromatic heterocycles. The Kier molecular flexibility index (Phi) is 10.1. The molecule has 2 aromatic carbocycles. The van der Waals surface area contributed by atoms with Crippen molar-refractivity contribution in [3.05, 3.63) is 70.7 Å². The number of nitrogens with zero attached hydrogens (tertiary/aromatic N) is 1. The van der Waals surface area contributed by atoms with E-state index in [2.05, 4.69) is 5.32 Å². The van der Waals surface area contributed by atoms with E-state index in [1.807, 2.05) is 61.5 Å². The fraction of sp³-hybridized carbons (Fsp3) is 0.391. The molecule has 0 heterocycles. The molecule has 2 aromatic rings. The van der Waals surface area contributed by atoms with Crippen molar-refractivity contribution < 1.29 is 9.59 Å². The van der Waals surface area contributed by atoms with Crippen molar-refractivity contribution in [2.24, 2.45) is 0 Å². The van der Waals surface area contributed by atoms with Gasteiger partial charge in [-0.05, 0) is 43.0 Å². The molecule has 2 amide bonds. The quantitative estimate of drug-likeness (QED) is 0.566. The van der Waals surface area contributed by atoms with Gasteiger partial charge in [0.2, 0.25) is 11.8 Å². The summed E-state index contributed by atoms with van der Waals surface area (Å²) >= 11 is 7.56. The van der Waals surface area contributed by atoms with E-state index in [1.165, 1.54) is 11.8 Å². The number of hydrogen-bond acceptors (Lipinski definition) is 3. The second-order valence-corrected chi connectivity index (χ2v) is 8.33. The number of nitrogens with one attached hydrogen (secondary N) is 1. The van der Waals surface area contributed by atoms with Crippen molar-refractivity contribution in [3.63, 3.8) is 0 Å². The molecule has 0 saturated heterocycles. The van der Waals surface area contributed by atoms with Gasteiger partial charge in [-0.3, -0.25) is 9.59 Å². The van der Waals surface area contributed by atoms with Gasteiger partial charge in [-0.1, -0.05) is 61.0 Å². The fourth-order valence-electron chi connectivity index (χ4n) is 2.93. The van der Waals surface area contributed by atoms with Gasteiger partial charge in [0.25, 0.3) is 0 Å². The first kappa shape index (κ1) is 23.3. The minimum atomic E-state index is -0.496. The highest BCUT2D eigenvalue weighted by molar-refractivity contribution is 7.99. The third-order valence-corrected chi connectivity index (χ3v) is 5.81. The van der Waals surface area contributed by atoms with Crippen LogP contribution in [0.3, 0.4) is 0 Å². The van der Waals surface area contributed by atoms with Gasteiger partial charge >= 0.3 is 0 Å². The molecule has 0 saturated carbocycles. The molecule has 0 unspecified atom stereocenters. The van der Waals surface area contributed by atoms with Crippen LogP contribution in [0.15, 0.2) is 54.6 Å². The SMILES string of the molecule is CCCNC(=O)[C@@H](C)N(CCc1ccccc1)C(=O)CSCc1cccc(Cl)c1. The average molecular weight is 433 g/mol. The molecule has 0 aliphatic heterocycles. The molecule has 0 spiro atoms. The van der Waals surface area contributed by atoms with Crippen LogP contribution in [0.5, 0.6) is 0 Å². The third-order valence-electron chi connectivity index (χ3n) is 4.58. The van der Waals surface area contributed by atoms with Crippen LogP contribution in [-0.2, 0) is 21.8 Å². The lowest BCUT2D eigenvalue weighted by Crippen LogP contribution is -2.49. The first-order valence-electron chi connectivity index (χ1n) is 9.94. The number of carbonyl (C=O) groups is 2. The van der Waals surface area contributed by atoms with Crippen molar-refractivity contribution in [2.75, 3.05) is 18.8 Å². The lowest BCUT2D eigenvalue weighted by Gasteiger charge is -2.28. The normalized spacial score (nSPS) is 11.7. The van der Waals surface area contributed by atoms with Crippen LogP contribution in [0.1, 0.15) is 31.4 Å². The Morgan fingerprint density at radius 2 is 1.83 bits per heavy atom. The van der Waals surface area contributed by atoms with E-state index >= 15 is 0 Å². The van der Waals surface area contributed by atoms with E-state index in [4.69, 9.17) is 11.6 Å². The zero-order valence-corrected chi connectivity index (χ0v) is 18.6. The molecule has 156 valence electrons. The molecule has 0 aliphatic carbocycles. The summed E-state index contributed by atoms with van der Waals surface area (Å²) in [5.41, 5.74) is 2.23. The topological polar surface area (TPSA) is 49.4 Å². The third kappa shape index (κ3) is 8.11. The van der Waals surface area contributed by atoms with Crippen LogP contribution in [0.2, 0.25) is 5.02 Å². The Bertz CT molecular complexity index is 785. The van der Waals surface area contributed by atoms with E-state index in [-0.39, 0.29) is 11.8 Å². The zero-order chi connectivity index (χ0) is 21.1. The van der Waals surface area contributed by atoms with Crippen LogP contribution in [0.4, 0.5) is 0 Å². The maximum atomic E-state index is 12.9. The molecule has 6 heteroatoms. The fourth-order valence-corrected chi connectivity index (χ4v) is 4.00. The highest BCUT2D eigenvalue weighted by Crippen LogP contribution is 2.17. The molecule has 1 atom stereocenters. The summed E-state index contributed by atoms with van der Waals surface area (Å²) in [5.74, 6) is 0.905. The zero-order valence-electron chi connectivity index (χ0n) is 17.1. The maximum Gasteiger partial charge on any atom is 0.242 e. The Balaban J connectivity index is 1.97. The second kappa shape index (κ2) is 12.6. The van der Waals surface area contributed by atoms with E-state index in [9.17, 15) is 9.59 Å². The van der Waals surface area contributed by atoms with Crippen molar-refractivity contribution >= 4 is 35.2 Å². The van der Waals surface area contributed by atoms with Crippen molar-refractivity contribution in [2.45, 2.75) is 38.5 Å². The van der Waals surface area contributed by atoms with Gasteiger partial charge in [-0.15, -0.1) is 11.8 Å². The summed E-state index contributed by atoms with van der Waals surface area (Å²) in [7, 11) is 0. The van der Waals surface area contributed by atoms with Crippen LogP contribution in [0, 0.1) is 0 Å². The van der Waals surface area contributed by atoms with E-state index in [0.717, 1.165) is 24.0 Å². The smallest absolute Gasteiger partial charge is 0.242 e. The summed E-state index contributed by atoms with van der Waals surface area (Å²) in [4.78, 5) is 27.1. The predicted octanol–water partition coefficient (Wildman–Crippen LogP) is 4.56. The highest BCUT2D eigenvalue weighted by Gasteiger charge is 2.25. The van der Waals surface area contributed by atoms with Gasteiger partial charge in [0, 0.05) is 23.9 Å². The van der Waals surface area contributed by atoms with Crippen LogP contribution in [-0.4, -0.2) is 41.6 Å². The molecular formula is C23H29ClN2O2S. The molecule has 0 aliphatic rings. The number of hydrogen-bond donors (Lipinski definition) is 1. The standard InChI is InChI=1S/C23H29ClN2O2S/c1-3-13-25-23(28)18(2)26(14-12-19-8-5-4-6-9-19)22(27)17-29-16-20-10-7-11-21(24)15-20/h4-11,15,18H,3,12-14,16-17H2,1-2H3,(H,25,28)/t18-/m1/s1. The number of halogens is 1. The summed E-state index contributed by atoms with van der Waals surface area (Å²) in [6.07, 6.45) is 1.59. The molecule has 4 nitrogen and oxygen atoms in total. The molecule has 2 rings (SSSR count). The van der Waals surface area contributed by atoms with E-state index in [1.54, 1.807) is 11.8 Å². The summed E-state index contributed by atoms with van der Waals surface area (Å²) in [6.45, 7) is 4.94.